The number of piperidine rings is 1. The normalized spacial score (nSPS) is 18.0. The van der Waals surface area contributed by atoms with Crippen LogP contribution in [0.25, 0.3) is 0 Å². The van der Waals surface area contributed by atoms with Crippen molar-refractivity contribution in [3.8, 4) is 0 Å². The molecule has 232 valence electrons. The zero-order valence-electron chi connectivity index (χ0n) is 24.6. The summed E-state index contributed by atoms with van der Waals surface area (Å²) in [7, 11) is -3.93. The molecule has 1 aliphatic carbocycles. The highest BCUT2D eigenvalue weighted by Crippen LogP contribution is 2.32. The first-order valence-corrected chi connectivity index (χ1v) is 16.7. The molecule has 43 heavy (non-hydrogen) atoms. The Kier molecular flexibility index (Phi) is 11.2. The molecule has 3 aromatic carbocycles. The highest BCUT2D eigenvalue weighted by Gasteiger charge is 2.27. The predicted molar refractivity (Wildman–Crippen MR) is 171 cm³/mol. The Morgan fingerprint density at radius 3 is 2.28 bits per heavy atom. The van der Waals surface area contributed by atoms with Gasteiger partial charge in [0.1, 0.15) is 5.82 Å². The highest BCUT2D eigenvalue weighted by atomic mass is 32.2. The molecule has 0 spiro atoms. The maximum Gasteiger partial charge on any atom is 0.241 e. The van der Waals surface area contributed by atoms with Crippen molar-refractivity contribution >= 4 is 15.9 Å². The van der Waals surface area contributed by atoms with Gasteiger partial charge in [0, 0.05) is 13.0 Å². The summed E-state index contributed by atoms with van der Waals surface area (Å²) in [5, 5.41) is 3.17. The minimum absolute atomic E-state index is 0. The second-order valence-electron chi connectivity index (χ2n) is 12.0. The number of benzene rings is 3. The van der Waals surface area contributed by atoms with Crippen LogP contribution in [0.15, 0.2) is 71.6 Å². The molecule has 5 rings (SSSR count). The Morgan fingerprint density at radius 1 is 0.930 bits per heavy atom. The molecule has 1 amide bonds. The van der Waals surface area contributed by atoms with E-state index in [-0.39, 0.29) is 36.6 Å². The molecular weight excluding hydrogens is 561 g/mol. The fourth-order valence-electron chi connectivity index (χ4n) is 6.14. The van der Waals surface area contributed by atoms with Crippen LogP contribution in [-0.4, -0.2) is 32.3 Å². The number of amides is 1. The number of nitrogens with zero attached hydrogens (tertiary/aromatic N) is 1. The lowest BCUT2D eigenvalue weighted by molar-refractivity contribution is -0.122. The first-order valence-electron chi connectivity index (χ1n) is 15.2. The smallest absolute Gasteiger partial charge is 0.241 e. The van der Waals surface area contributed by atoms with Crippen molar-refractivity contribution in [2.45, 2.75) is 95.7 Å². The van der Waals surface area contributed by atoms with Crippen molar-refractivity contribution in [1.29, 1.82) is 0 Å². The third kappa shape index (κ3) is 8.52. The SMILES string of the molecule is C.CC(C)c1ccc(S(=O)(=O)N[C@H](CC(=O)N[C@@H]2CCCc3cc(CN4CCCCC4)ccc32)c2ccc(F)cc2)cc1. The van der Waals surface area contributed by atoms with Gasteiger partial charge in [0.2, 0.25) is 15.9 Å². The molecule has 0 unspecified atom stereocenters. The van der Waals surface area contributed by atoms with Gasteiger partial charge in [-0.1, -0.05) is 70.2 Å². The van der Waals surface area contributed by atoms with Crippen molar-refractivity contribution in [3.63, 3.8) is 0 Å². The Labute approximate surface area is 257 Å². The quantitative estimate of drug-likeness (QED) is 0.256. The van der Waals surface area contributed by atoms with Gasteiger partial charge >= 0.3 is 0 Å². The number of halogens is 1. The molecule has 3 aromatic rings. The van der Waals surface area contributed by atoms with Gasteiger partial charge in [-0.25, -0.2) is 17.5 Å². The van der Waals surface area contributed by atoms with Crippen LogP contribution in [0.2, 0.25) is 0 Å². The maximum absolute atomic E-state index is 13.7. The van der Waals surface area contributed by atoms with Crippen molar-refractivity contribution in [3.05, 3.63) is 100 Å². The minimum Gasteiger partial charge on any atom is -0.349 e. The molecule has 1 heterocycles. The van der Waals surface area contributed by atoms with Crippen LogP contribution in [-0.2, 0) is 27.8 Å². The lowest BCUT2D eigenvalue weighted by atomic mass is 9.86. The lowest BCUT2D eigenvalue weighted by Crippen LogP contribution is -2.36. The van der Waals surface area contributed by atoms with Crippen LogP contribution in [0.4, 0.5) is 4.39 Å². The molecule has 0 aromatic heterocycles. The Balaban J connectivity index is 0.00000423. The van der Waals surface area contributed by atoms with Crippen molar-refractivity contribution in [1.82, 2.24) is 14.9 Å². The van der Waals surface area contributed by atoms with Gasteiger partial charge in [-0.3, -0.25) is 9.69 Å². The van der Waals surface area contributed by atoms with E-state index in [1.165, 1.54) is 54.7 Å². The maximum atomic E-state index is 13.7. The Hall–Kier alpha value is -3.07. The lowest BCUT2D eigenvalue weighted by Gasteiger charge is -2.29. The van der Waals surface area contributed by atoms with Crippen LogP contribution in [0, 0.1) is 5.82 Å². The van der Waals surface area contributed by atoms with Gasteiger partial charge in [-0.05, 0) is 103 Å². The Bertz CT molecular complexity index is 1470. The number of carbonyl (C=O) groups excluding carboxylic acids is 1. The first kappa shape index (κ1) is 32.8. The molecule has 2 atom stereocenters. The van der Waals surface area contributed by atoms with Crippen molar-refractivity contribution < 1.29 is 17.6 Å². The van der Waals surface area contributed by atoms with Gasteiger partial charge < -0.3 is 5.32 Å². The largest absolute Gasteiger partial charge is 0.349 e. The summed E-state index contributed by atoms with van der Waals surface area (Å²) >= 11 is 0. The van der Waals surface area contributed by atoms with Crippen LogP contribution < -0.4 is 10.0 Å². The van der Waals surface area contributed by atoms with Gasteiger partial charge in [0.15, 0.2) is 0 Å². The summed E-state index contributed by atoms with van der Waals surface area (Å²) in [5.41, 5.74) is 5.30. The summed E-state index contributed by atoms with van der Waals surface area (Å²) < 4.78 is 43.1. The van der Waals surface area contributed by atoms with Crippen LogP contribution in [0.3, 0.4) is 0 Å². The zero-order valence-corrected chi connectivity index (χ0v) is 25.4. The molecular formula is C35H46FN3O3S. The van der Waals surface area contributed by atoms with Crippen LogP contribution in [0.5, 0.6) is 0 Å². The fourth-order valence-corrected chi connectivity index (χ4v) is 7.36. The van der Waals surface area contributed by atoms with Crippen molar-refractivity contribution in [2.24, 2.45) is 0 Å². The van der Waals surface area contributed by atoms with Crippen molar-refractivity contribution in [2.75, 3.05) is 13.1 Å². The first-order chi connectivity index (χ1) is 20.2. The average Bonchev–Trinajstić information content (AvgIpc) is 2.98. The number of aryl methyl sites for hydroxylation is 1. The number of sulfonamides is 1. The second-order valence-corrected chi connectivity index (χ2v) is 13.7. The molecule has 2 N–H and O–H groups in total. The molecule has 0 saturated carbocycles. The van der Waals surface area contributed by atoms with E-state index in [4.69, 9.17) is 0 Å². The molecule has 1 fully saturated rings. The standard InChI is InChI=1S/C34H42FN3O3S.CH4/c1-24(2)26-12-16-30(17-13-26)42(40,41)37-33(27-10-14-29(35)15-11-27)22-34(39)36-32-8-6-7-28-21-25(9-18-31(28)32)23-38-19-4-3-5-20-38;/h9-18,21,24,32-33,37H,3-8,19-20,22-23H2,1-2H3,(H,36,39);1H4/t32-,33-;/m1./s1. The van der Waals surface area contributed by atoms with Crippen LogP contribution >= 0.6 is 0 Å². The molecule has 2 aliphatic rings. The number of hydrogen-bond donors (Lipinski definition) is 2. The van der Waals surface area contributed by atoms with Crippen LogP contribution in [0.1, 0.15) is 106 Å². The molecule has 6 nitrogen and oxygen atoms in total. The fraction of sp³-hybridized carbons (Fsp3) is 0.457. The summed E-state index contributed by atoms with van der Waals surface area (Å²) in [6, 6.07) is 18.0. The third-order valence-electron chi connectivity index (χ3n) is 8.53. The zero-order chi connectivity index (χ0) is 29.7. The monoisotopic (exact) mass is 607 g/mol. The minimum atomic E-state index is -3.93. The van der Waals surface area contributed by atoms with E-state index in [0.29, 0.717) is 5.56 Å². The second kappa shape index (κ2) is 14.6. The highest BCUT2D eigenvalue weighted by molar-refractivity contribution is 7.89. The van der Waals surface area contributed by atoms with E-state index in [1.54, 1.807) is 24.3 Å². The van der Waals surface area contributed by atoms with Gasteiger partial charge in [-0.2, -0.15) is 0 Å². The number of nitrogens with one attached hydrogen (secondary N) is 2. The Morgan fingerprint density at radius 2 is 1.60 bits per heavy atom. The molecule has 0 bridgehead atoms. The number of fused-ring (bicyclic) bond motifs is 1. The van der Waals surface area contributed by atoms with E-state index in [9.17, 15) is 17.6 Å². The van der Waals surface area contributed by atoms with E-state index >= 15 is 0 Å². The summed E-state index contributed by atoms with van der Waals surface area (Å²) in [5.74, 6) is -0.401. The van der Waals surface area contributed by atoms with E-state index in [2.05, 4.69) is 33.1 Å². The molecule has 8 heteroatoms. The van der Waals surface area contributed by atoms with E-state index in [0.717, 1.165) is 50.0 Å². The number of rotatable bonds is 10. The molecule has 1 aliphatic heterocycles. The number of likely N-dealkylation sites (tertiary alicyclic amines) is 1. The summed E-state index contributed by atoms with van der Waals surface area (Å²) in [6.45, 7) is 7.36. The molecule has 1 saturated heterocycles. The van der Waals surface area contributed by atoms with E-state index in [1.807, 2.05) is 13.8 Å². The summed E-state index contributed by atoms with van der Waals surface area (Å²) in [6.07, 6.45) is 6.54. The molecule has 0 radical (unpaired) electrons. The van der Waals surface area contributed by atoms with E-state index < -0.39 is 21.9 Å². The van der Waals surface area contributed by atoms with Gasteiger partial charge in [-0.15, -0.1) is 0 Å². The third-order valence-corrected chi connectivity index (χ3v) is 10.0. The number of carbonyl (C=O) groups is 1. The van der Waals surface area contributed by atoms with Gasteiger partial charge in [0.05, 0.1) is 17.0 Å². The number of hydrogen-bond acceptors (Lipinski definition) is 4. The summed E-state index contributed by atoms with van der Waals surface area (Å²) in [4.78, 5) is 16.1. The average molecular weight is 608 g/mol. The predicted octanol–water partition coefficient (Wildman–Crippen LogP) is 7.17. The van der Waals surface area contributed by atoms with Gasteiger partial charge in [0.25, 0.3) is 0 Å². The topological polar surface area (TPSA) is 78.5 Å².